The molecule has 1 aliphatic heterocycles. The van der Waals surface area contributed by atoms with E-state index in [1.807, 2.05) is 18.2 Å². The van der Waals surface area contributed by atoms with Gasteiger partial charge < -0.3 is 9.64 Å². The number of carbonyl (C=O) groups excluding carboxylic acids is 1. The molecular formula is C18H19NO2. The first kappa shape index (κ1) is 13.7. The molecule has 0 saturated carbocycles. The van der Waals surface area contributed by atoms with Gasteiger partial charge in [-0.3, -0.25) is 0 Å². The normalized spacial score (nSPS) is 13.2. The van der Waals surface area contributed by atoms with Crippen LogP contribution in [0.25, 0.3) is 0 Å². The van der Waals surface area contributed by atoms with E-state index in [1.165, 1.54) is 29.4 Å². The van der Waals surface area contributed by atoms with Crippen LogP contribution in [0.1, 0.15) is 32.6 Å². The van der Waals surface area contributed by atoms with Gasteiger partial charge in [-0.1, -0.05) is 18.2 Å². The smallest absolute Gasteiger partial charge is 0.337 e. The van der Waals surface area contributed by atoms with E-state index in [9.17, 15) is 4.79 Å². The zero-order chi connectivity index (χ0) is 15.0. The Morgan fingerprint density at radius 3 is 2.24 bits per heavy atom. The average Bonchev–Trinajstić information content (AvgIpc) is 2.90. The number of rotatable bonds is 2. The van der Waals surface area contributed by atoms with Gasteiger partial charge in [-0.15, -0.1) is 0 Å². The molecule has 3 nitrogen and oxygen atoms in total. The SMILES string of the molecule is COC(=O)c1cccc(N2Cc3cc(C)c(C)cc3C2)c1. The molecule has 2 aromatic rings. The summed E-state index contributed by atoms with van der Waals surface area (Å²) in [6.45, 7) is 6.08. The molecule has 0 bridgehead atoms. The van der Waals surface area contributed by atoms with E-state index in [1.54, 1.807) is 6.07 Å². The third-order valence-electron chi connectivity index (χ3n) is 4.17. The van der Waals surface area contributed by atoms with Crippen LogP contribution in [0, 0.1) is 13.8 Å². The Kier molecular flexibility index (Phi) is 3.42. The Labute approximate surface area is 125 Å². The van der Waals surface area contributed by atoms with Crippen molar-refractivity contribution in [3.63, 3.8) is 0 Å². The minimum absolute atomic E-state index is 0.291. The summed E-state index contributed by atoms with van der Waals surface area (Å²) in [5.74, 6) is -0.291. The van der Waals surface area contributed by atoms with Gasteiger partial charge in [-0.25, -0.2) is 4.79 Å². The maximum atomic E-state index is 11.6. The molecule has 0 aromatic heterocycles. The molecule has 0 amide bonds. The molecule has 1 aliphatic rings. The minimum Gasteiger partial charge on any atom is -0.465 e. The molecule has 0 fully saturated rings. The zero-order valence-corrected chi connectivity index (χ0v) is 12.6. The van der Waals surface area contributed by atoms with Crippen LogP contribution in [0.5, 0.6) is 0 Å². The van der Waals surface area contributed by atoms with Crippen LogP contribution < -0.4 is 4.90 Å². The first-order chi connectivity index (χ1) is 10.1. The third kappa shape index (κ3) is 2.51. The lowest BCUT2D eigenvalue weighted by Crippen LogP contribution is -2.15. The van der Waals surface area contributed by atoms with Gasteiger partial charge in [0.05, 0.1) is 12.7 Å². The van der Waals surface area contributed by atoms with Crippen LogP contribution >= 0.6 is 0 Å². The monoisotopic (exact) mass is 281 g/mol. The second kappa shape index (κ2) is 5.24. The number of hydrogen-bond acceptors (Lipinski definition) is 3. The molecule has 1 heterocycles. The van der Waals surface area contributed by atoms with E-state index < -0.39 is 0 Å². The van der Waals surface area contributed by atoms with E-state index >= 15 is 0 Å². The van der Waals surface area contributed by atoms with Crippen molar-refractivity contribution < 1.29 is 9.53 Å². The summed E-state index contributed by atoms with van der Waals surface area (Å²) >= 11 is 0. The Morgan fingerprint density at radius 1 is 1.05 bits per heavy atom. The van der Waals surface area contributed by atoms with Gasteiger partial charge in [0, 0.05) is 18.8 Å². The number of ether oxygens (including phenoxy) is 1. The summed E-state index contributed by atoms with van der Waals surface area (Å²) in [6, 6.07) is 12.2. The van der Waals surface area contributed by atoms with Gasteiger partial charge in [-0.05, 0) is 54.3 Å². The van der Waals surface area contributed by atoms with Crippen LogP contribution in [0.2, 0.25) is 0 Å². The predicted molar refractivity (Wildman–Crippen MR) is 83.6 cm³/mol. The number of nitrogens with zero attached hydrogens (tertiary/aromatic N) is 1. The fourth-order valence-corrected chi connectivity index (χ4v) is 2.83. The predicted octanol–water partition coefficient (Wildman–Crippen LogP) is 3.61. The van der Waals surface area contributed by atoms with Crippen LogP contribution in [-0.4, -0.2) is 13.1 Å². The summed E-state index contributed by atoms with van der Waals surface area (Å²) in [7, 11) is 1.41. The third-order valence-corrected chi connectivity index (χ3v) is 4.17. The number of carbonyl (C=O) groups is 1. The zero-order valence-electron chi connectivity index (χ0n) is 12.6. The molecule has 108 valence electrons. The molecule has 0 N–H and O–H groups in total. The van der Waals surface area contributed by atoms with Crippen molar-refractivity contribution in [3.8, 4) is 0 Å². The van der Waals surface area contributed by atoms with Crippen LogP contribution in [0.15, 0.2) is 36.4 Å². The maximum Gasteiger partial charge on any atom is 0.337 e. The van der Waals surface area contributed by atoms with Crippen LogP contribution in [0.3, 0.4) is 0 Å². The van der Waals surface area contributed by atoms with Crippen molar-refractivity contribution in [1.82, 2.24) is 0 Å². The van der Waals surface area contributed by atoms with E-state index in [2.05, 4.69) is 30.9 Å². The molecule has 0 aliphatic carbocycles. The number of hydrogen-bond donors (Lipinski definition) is 0. The van der Waals surface area contributed by atoms with E-state index in [0.717, 1.165) is 18.8 Å². The van der Waals surface area contributed by atoms with Crippen molar-refractivity contribution in [3.05, 3.63) is 64.2 Å². The van der Waals surface area contributed by atoms with Gasteiger partial charge in [0.1, 0.15) is 0 Å². The Balaban J connectivity index is 1.89. The highest BCUT2D eigenvalue weighted by Gasteiger charge is 2.20. The van der Waals surface area contributed by atoms with E-state index in [0.29, 0.717) is 5.56 Å². The lowest BCUT2D eigenvalue weighted by Gasteiger charge is -2.18. The van der Waals surface area contributed by atoms with E-state index in [-0.39, 0.29) is 5.97 Å². The van der Waals surface area contributed by atoms with Crippen molar-refractivity contribution in [2.75, 3.05) is 12.0 Å². The minimum atomic E-state index is -0.291. The Hall–Kier alpha value is -2.29. The van der Waals surface area contributed by atoms with Gasteiger partial charge in [0.15, 0.2) is 0 Å². The molecule has 0 spiro atoms. The second-order valence-electron chi connectivity index (χ2n) is 5.60. The molecule has 21 heavy (non-hydrogen) atoms. The highest BCUT2D eigenvalue weighted by atomic mass is 16.5. The summed E-state index contributed by atoms with van der Waals surface area (Å²) in [4.78, 5) is 13.9. The fraction of sp³-hybridized carbons (Fsp3) is 0.278. The Bertz CT molecular complexity index is 675. The fourth-order valence-electron chi connectivity index (χ4n) is 2.83. The molecule has 2 aromatic carbocycles. The standard InChI is InChI=1S/C18H19NO2/c1-12-7-15-10-19(11-16(15)8-13(12)2)17-6-4-5-14(9-17)18(20)21-3/h4-9H,10-11H2,1-3H3. The molecule has 3 rings (SSSR count). The van der Waals surface area contributed by atoms with Gasteiger partial charge >= 0.3 is 5.97 Å². The van der Waals surface area contributed by atoms with Crippen LogP contribution in [-0.2, 0) is 17.8 Å². The van der Waals surface area contributed by atoms with Gasteiger partial charge in [0.25, 0.3) is 0 Å². The summed E-state index contributed by atoms with van der Waals surface area (Å²) < 4.78 is 4.79. The molecule has 3 heteroatoms. The maximum absolute atomic E-state index is 11.6. The molecule has 0 saturated heterocycles. The van der Waals surface area contributed by atoms with Crippen molar-refractivity contribution >= 4 is 11.7 Å². The molecular weight excluding hydrogens is 262 g/mol. The first-order valence-electron chi connectivity index (χ1n) is 7.11. The Morgan fingerprint density at radius 2 is 1.67 bits per heavy atom. The average molecular weight is 281 g/mol. The number of methoxy groups -OCH3 is 1. The molecule has 0 atom stereocenters. The highest BCUT2D eigenvalue weighted by molar-refractivity contribution is 5.90. The van der Waals surface area contributed by atoms with Crippen LogP contribution in [0.4, 0.5) is 5.69 Å². The second-order valence-corrected chi connectivity index (χ2v) is 5.60. The first-order valence-corrected chi connectivity index (χ1v) is 7.11. The topological polar surface area (TPSA) is 29.5 Å². The number of benzene rings is 2. The number of esters is 1. The summed E-state index contributed by atoms with van der Waals surface area (Å²) in [6.07, 6.45) is 0. The summed E-state index contributed by atoms with van der Waals surface area (Å²) in [5, 5.41) is 0. The number of fused-ring (bicyclic) bond motifs is 1. The van der Waals surface area contributed by atoms with Gasteiger partial charge in [-0.2, -0.15) is 0 Å². The molecule has 0 radical (unpaired) electrons. The lowest BCUT2D eigenvalue weighted by molar-refractivity contribution is 0.0601. The lowest BCUT2D eigenvalue weighted by atomic mass is 10.0. The highest BCUT2D eigenvalue weighted by Crippen LogP contribution is 2.30. The van der Waals surface area contributed by atoms with E-state index in [4.69, 9.17) is 4.74 Å². The summed E-state index contributed by atoms with van der Waals surface area (Å²) in [5.41, 5.74) is 7.07. The van der Waals surface area contributed by atoms with Crippen molar-refractivity contribution in [2.45, 2.75) is 26.9 Å². The van der Waals surface area contributed by atoms with Crippen molar-refractivity contribution in [2.24, 2.45) is 0 Å². The quantitative estimate of drug-likeness (QED) is 0.788. The number of anilines is 1. The van der Waals surface area contributed by atoms with Crippen molar-refractivity contribution in [1.29, 1.82) is 0 Å². The number of aryl methyl sites for hydroxylation is 2. The van der Waals surface area contributed by atoms with Gasteiger partial charge in [0.2, 0.25) is 0 Å². The molecule has 0 unspecified atom stereocenters. The largest absolute Gasteiger partial charge is 0.465 e.